The van der Waals surface area contributed by atoms with Crippen molar-refractivity contribution < 1.29 is 4.74 Å². The summed E-state index contributed by atoms with van der Waals surface area (Å²) in [6.07, 6.45) is 0. The first-order chi connectivity index (χ1) is 8.11. The van der Waals surface area contributed by atoms with Crippen LogP contribution >= 0.6 is 0 Å². The van der Waals surface area contributed by atoms with E-state index in [4.69, 9.17) is 10.5 Å². The predicted octanol–water partition coefficient (Wildman–Crippen LogP) is 3.58. The van der Waals surface area contributed by atoms with Crippen LogP contribution in [-0.4, -0.2) is 7.11 Å². The van der Waals surface area contributed by atoms with Gasteiger partial charge in [-0.1, -0.05) is 35.4 Å². The molecule has 0 spiro atoms. The van der Waals surface area contributed by atoms with E-state index in [0.29, 0.717) is 0 Å². The SMILES string of the molecule is COc1ccc(C)cc1.Cc1ccc(N)cc1. The van der Waals surface area contributed by atoms with Gasteiger partial charge in [0.15, 0.2) is 0 Å². The second-order valence-electron chi connectivity index (χ2n) is 3.93. The third-order valence-corrected chi connectivity index (χ3v) is 2.33. The van der Waals surface area contributed by atoms with Gasteiger partial charge in [0, 0.05) is 5.69 Å². The van der Waals surface area contributed by atoms with Crippen LogP contribution in [-0.2, 0) is 0 Å². The predicted molar refractivity (Wildman–Crippen MR) is 73.3 cm³/mol. The van der Waals surface area contributed by atoms with Crippen LogP contribution in [0.2, 0.25) is 0 Å². The quantitative estimate of drug-likeness (QED) is 0.758. The van der Waals surface area contributed by atoms with Crippen molar-refractivity contribution in [2.24, 2.45) is 0 Å². The summed E-state index contributed by atoms with van der Waals surface area (Å²) < 4.78 is 4.97. The van der Waals surface area contributed by atoms with Gasteiger partial charge in [-0.25, -0.2) is 0 Å². The maximum absolute atomic E-state index is 5.43. The van der Waals surface area contributed by atoms with E-state index in [1.54, 1.807) is 7.11 Å². The lowest BCUT2D eigenvalue weighted by Gasteiger charge is -1.97. The Balaban J connectivity index is 0.000000171. The fourth-order valence-electron chi connectivity index (χ4n) is 1.24. The summed E-state index contributed by atoms with van der Waals surface area (Å²) in [4.78, 5) is 0. The summed E-state index contributed by atoms with van der Waals surface area (Å²) in [5.41, 5.74) is 8.77. The molecule has 0 atom stereocenters. The Kier molecular flexibility index (Phi) is 5.08. The number of methoxy groups -OCH3 is 1. The zero-order chi connectivity index (χ0) is 12.7. The van der Waals surface area contributed by atoms with Crippen molar-refractivity contribution in [3.8, 4) is 5.75 Å². The molecule has 2 rings (SSSR count). The van der Waals surface area contributed by atoms with E-state index in [1.807, 2.05) is 55.5 Å². The fourth-order valence-corrected chi connectivity index (χ4v) is 1.24. The standard InChI is InChI=1S/C8H10O.C7H9N/c1-7-3-5-8(9-2)6-4-7;1-6-2-4-7(8)5-3-6/h3-6H,1-2H3;2-5H,8H2,1H3. The lowest BCUT2D eigenvalue weighted by Crippen LogP contribution is -1.81. The average Bonchev–Trinajstić information content (AvgIpc) is 2.35. The number of nitrogen functional groups attached to an aromatic ring is 1. The van der Waals surface area contributed by atoms with Gasteiger partial charge >= 0.3 is 0 Å². The Bertz CT molecular complexity index is 410. The van der Waals surface area contributed by atoms with E-state index >= 15 is 0 Å². The minimum absolute atomic E-state index is 0.829. The van der Waals surface area contributed by atoms with Crippen molar-refractivity contribution in [3.63, 3.8) is 0 Å². The van der Waals surface area contributed by atoms with Gasteiger partial charge < -0.3 is 10.5 Å². The molecule has 0 aliphatic carbocycles. The molecule has 0 radical (unpaired) electrons. The molecule has 0 heterocycles. The second-order valence-corrected chi connectivity index (χ2v) is 3.93. The molecular formula is C15H19NO. The molecule has 2 N–H and O–H groups in total. The average molecular weight is 229 g/mol. The minimum atomic E-state index is 0.829. The van der Waals surface area contributed by atoms with E-state index in [-0.39, 0.29) is 0 Å². The third-order valence-electron chi connectivity index (χ3n) is 2.33. The van der Waals surface area contributed by atoms with Crippen LogP contribution in [0.15, 0.2) is 48.5 Å². The zero-order valence-corrected chi connectivity index (χ0v) is 10.6. The highest BCUT2D eigenvalue weighted by atomic mass is 16.5. The molecule has 0 aromatic heterocycles. The maximum Gasteiger partial charge on any atom is 0.118 e. The Morgan fingerprint density at radius 2 is 1.18 bits per heavy atom. The molecule has 0 saturated carbocycles. The lowest BCUT2D eigenvalue weighted by atomic mass is 10.2. The van der Waals surface area contributed by atoms with Gasteiger partial charge in [0.05, 0.1) is 7.11 Å². The van der Waals surface area contributed by atoms with Gasteiger partial charge in [0.2, 0.25) is 0 Å². The molecule has 2 nitrogen and oxygen atoms in total. The summed E-state index contributed by atoms with van der Waals surface area (Å²) >= 11 is 0. The van der Waals surface area contributed by atoms with E-state index in [9.17, 15) is 0 Å². The van der Waals surface area contributed by atoms with Crippen LogP contribution in [0.3, 0.4) is 0 Å². The Labute approximate surface area is 103 Å². The fraction of sp³-hybridized carbons (Fsp3) is 0.200. The third kappa shape index (κ3) is 5.07. The van der Waals surface area contributed by atoms with E-state index in [0.717, 1.165) is 11.4 Å². The molecular weight excluding hydrogens is 210 g/mol. The van der Waals surface area contributed by atoms with Crippen LogP contribution in [0.1, 0.15) is 11.1 Å². The first kappa shape index (κ1) is 13.1. The summed E-state index contributed by atoms with van der Waals surface area (Å²) in [6, 6.07) is 15.7. The first-order valence-corrected chi connectivity index (χ1v) is 5.54. The molecule has 17 heavy (non-hydrogen) atoms. The lowest BCUT2D eigenvalue weighted by molar-refractivity contribution is 0.414. The zero-order valence-electron chi connectivity index (χ0n) is 10.6. The number of hydrogen-bond donors (Lipinski definition) is 1. The summed E-state index contributed by atoms with van der Waals surface area (Å²) in [5.74, 6) is 0.917. The van der Waals surface area contributed by atoms with Gasteiger partial charge in [-0.05, 0) is 38.1 Å². The summed E-state index contributed by atoms with van der Waals surface area (Å²) in [5, 5.41) is 0. The first-order valence-electron chi connectivity index (χ1n) is 5.54. The highest BCUT2D eigenvalue weighted by Gasteiger charge is 1.85. The molecule has 90 valence electrons. The number of ether oxygens (including phenoxy) is 1. The molecule has 2 aromatic rings. The van der Waals surface area contributed by atoms with Crippen LogP contribution in [0.25, 0.3) is 0 Å². The molecule has 0 aliphatic rings. The number of aryl methyl sites for hydroxylation is 2. The highest BCUT2D eigenvalue weighted by molar-refractivity contribution is 5.38. The molecule has 2 heteroatoms. The van der Waals surface area contributed by atoms with Gasteiger partial charge in [-0.3, -0.25) is 0 Å². The van der Waals surface area contributed by atoms with Crippen molar-refractivity contribution in [2.75, 3.05) is 12.8 Å². The monoisotopic (exact) mass is 229 g/mol. The Morgan fingerprint density at radius 3 is 1.53 bits per heavy atom. The van der Waals surface area contributed by atoms with E-state index < -0.39 is 0 Å². The van der Waals surface area contributed by atoms with Gasteiger partial charge in [-0.2, -0.15) is 0 Å². The molecule has 0 saturated heterocycles. The highest BCUT2D eigenvalue weighted by Crippen LogP contribution is 2.09. The number of benzene rings is 2. The maximum atomic E-state index is 5.43. The van der Waals surface area contributed by atoms with Gasteiger partial charge in [0.25, 0.3) is 0 Å². The van der Waals surface area contributed by atoms with Crippen molar-refractivity contribution in [2.45, 2.75) is 13.8 Å². The number of hydrogen-bond acceptors (Lipinski definition) is 2. The molecule has 0 amide bonds. The number of nitrogens with two attached hydrogens (primary N) is 1. The molecule has 2 aromatic carbocycles. The molecule has 0 aliphatic heterocycles. The molecule has 0 bridgehead atoms. The summed E-state index contributed by atoms with van der Waals surface area (Å²) in [7, 11) is 1.67. The van der Waals surface area contributed by atoms with Crippen molar-refractivity contribution in [1.82, 2.24) is 0 Å². The van der Waals surface area contributed by atoms with E-state index in [2.05, 4.69) is 6.92 Å². The van der Waals surface area contributed by atoms with Crippen LogP contribution in [0.4, 0.5) is 5.69 Å². The molecule has 0 fully saturated rings. The van der Waals surface area contributed by atoms with E-state index in [1.165, 1.54) is 11.1 Å². The van der Waals surface area contributed by atoms with Crippen LogP contribution in [0, 0.1) is 13.8 Å². The van der Waals surface area contributed by atoms with Crippen molar-refractivity contribution in [1.29, 1.82) is 0 Å². The Hall–Kier alpha value is -1.96. The van der Waals surface area contributed by atoms with Gasteiger partial charge in [0.1, 0.15) is 5.75 Å². The van der Waals surface area contributed by atoms with Crippen LogP contribution in [0.5, 0.6) is 5.75 Å². The minimum Gasteiger partial charge on any atom is -0.497 e. The van der Waals surface area contributed by atoms with Crippen LogP contribution < -0.4 is 10.5 Å². The number of anilines is 1. The Morgan fingerprint density at radius 1 is 0.765 bits per heavy atom. The topological polar surface area (TPSA) is 35.2 Å². The smallest absolute Gasteiger partial charge is 0.118 e. The summed E-state index contributed by atoms with van der Waals surface area (Å²) in [6.45, 7) is 4.10. The van der Waals surface area contributed by atoms with Crippen molar-refractivity contribution in [3.05, 3.63) is 59.7 Å². The molecule has 0 unspecified atom stereocenters. The van der Waals surface area contributed by atoms with Gasteiger partial charge in [-0.15, -0.1) is 0 Å². The second kappa shape index (κ2) is 6.59. The van der Waals surface area contributed by atoms with Crippen molar-refractivity contribution >= 4 is 5.69 Å². The number of rotatable bonds is 1. The normalized spacial score (nSPS) is 9.12. The largest absolute Gasteiger partial charge is 0.497 e.